The van der Waals surface area contributed by atoms with Crippen molar-refractivity contribution in [3.63, 3.8) is 0 Å². The average molecular weight is 455 g/mol. The number of amides is 2. The third kappa shape index (κ3) is 5.83. The van der Waals surface area contributed by atoms with E-state index in [9.17, 15) is 14.0 Å². The van der Waals surface area contributed by atoms with Crippen LogP contribution >= 0.6 is 0 Å². The number of carbonyl (C=O) groups excluding carboxylic acids is 2. The van der Waals surface area contributed by atoms with Gasteiger partial charge in [-0.1, -0.05) is 43.5 Å². The van der Waals surface area contributed by atoms with Crippen LogP contribution in [0.15, 0.2) is 42.5 Å². The van der Waals surface area contributed by atoms with E-state index in [2.05, 4.69) is 5.32 Å². The normalized spacial score (nSPS) is 16.3. The van der Waals surface area contributed by atoms with Gasteiger partial charge in [0.1, 0.15) is 11.9 Å². The number of fused-ring (bicyclic) bond motifs is 1. The zero-order valence-corrected chi connectivity index (χ0v) is 19.0. The Balaban J connectivity index is 1.45. The highest BCUT2D eigenvalue weighted by atomic mass is 19.1. The van der Waals surface area contributed by atoms with Crippen LogP contribution < -0.4 is 14.8 Å². The van der Waals surface area contributed by atoms with Crippen molar-refractivity contribution >= 4 is 11.8 Å². The van der Waals surface area contributed by atoms with E-state index in [1.807, 2.05) is 18.2 Å². The average Bonchev–Trinajstić information content (AvgIpc) is 3.30. The Morgan fingerprint density at radius 1 is 1.09 bits per heavy atom. The van der Waals surface area contributed by atoms with Crippen molar-refractivity contribution in [3.05, 3.63) is 59.4 Å². The third-order valence-corrected chi connectivity index (χ3v) is 6.48. The van der Waals surface area contributed by atoms with Gasteiger partial charge in [0.2, 0.25) is 18.6 Å². The van der Waals surface area contributed by atoms with E-state index in [0.717, 1.165) is 31.2 Å². The van der Waals surface area contributed by atoms with Gasteiger partial charge in [-0.05, 0) is 49.9 Å². The van der Waals surface area contributed by atoms with Gasteiger partial charge < -0.3 is 19.7 Å². The van der Waals surface area contributed by atoms with E-state index in [1.54, 1.807) is 25.1 Å². The molecule has 7 heteroatoms. The molecule has 1 aliphatic carbocycles. The van der Waals surface area contributed by atoms with Crippen LogP contribution in [0.5, 0.6) is 11.5 Å². The number of carbonyl (C=O) groups is 2. The largest absolute Gasteiger partial charge is 0.454 e. The van der Waals surface area contributed by atoms with Crippen molar-refractivity contribution in [1.29, 1.82) is 0 Å². The number of aryl methyl sites for hydroxylation is 1. The van der Waals surface area contributed by atoms with E-state index in [1.165, 1.54) is 17.4 Å². The first kappa shape index (κ1) is 23.1. The minimum atomic E-state index is -0.698. The predicted octanol–water partition coefficient (Wildman–Crippen LogP) is 4.35. The van der Waals surface area contributed by atoms with E-state index in [0.29, 0.717) is 23.5 Å². The van der Waals surface area contributed by atoms with Gasteiger partial charge in [-0.3, -0.25) is 9.59 Å². The van der Waals surface area contributed by atoms with Gasteiger partial charge in [0.05, 0.1) is 0 Å². The minimum absolute atomic E-state index is 0.0475. The molecule has 0 unspecified atom stereocenters. The SMILES string of the molecule is C[C@H](C(=O)NC1CCCCC1)N(Cc1ccccc1F)C(=O)CCc1ccc2c(c1)OCO2. The molecule has 2 amide bonds. The first-order valence-corrected chi connectivity index (χ1v) is 11.7. The van der Waals surface area contributed by atoms with Crippen LogP contribution in [0.3, 0.4) is 0 Å². The predicted molar refractivity (Wildman–Crippen MR) is 122 cm³/mol. The Labute approximate surface area is 194 Å². The molecule has 1 atom stereocenters. The molecule has 4 rings (SSSR count). The Hall–Kier alpha value is -3.09. The molecule has 1 fully saturated rings. The van der Waals surface area contributed by atoms with Crippen molar-refractivity contribution in [2.24, 2.45) is 0 Å². The molecule has 33 heavy (non-hydrogen) atoms. The summed E-state index contributed by atoms with van der Waals surface area (Å²) < 4.78 is 25.1. The summed E-state index contributed by atoms with van der Waals surface area (Å²) in [4.78, 5) is 27.8. The van der Waals surface area contributed by atoms with Gasteiger partial charge in [-0.15, -0.1) is 0 Å². The Kier molecular flexibility index (Phi) is 7.47. The molecule has 1 aliphatic heterocycles. The van der Waals surface area contributed by atoms with Gasteiger partial charge in [-0.25, -0.2) is 4.39 Å². The number of rotatable bonds is 8. The maximum absolute atomic E-state index is 14.4. The number of nitrogens with one attached hydrogen (secondary N) is 1. The monoisotopic (exact) mass is 454 g/mol. The molecule has 0 bridgehead atoms. The second-order valence-electron chi connectivity index (χ2n) is 8.82. The standard InChI is InChI=1S/C26H31FN2O4/c1-18(26(31)28-21-8-3-2-4-9-21)29(16-20-7-5-6-10-22(20)27)25(30)14-12-19-11-13-23-24(15-19)33-17-32-23/h5-7,10-11,13,15,18,21H,2-4,8-9,12,14,16-17H2,1H3,(H,28,31)/t18-/m1/s1. The minimum Gasteiger partial charge on any atom is -0.454 e. The van der Waals surface area contributed by atoms with E-state index in [4.69, 9.17) is 9.47 Å². The Morgan fingerprint density at radius 2 is 1.85 bits per heavy atom. The van der Waals surface area contributed by atoms with Gasteiger partial charge in [0.15, 0.2) is 11.5 Å². The molecule has 176 valence electrons. The zero-order valence-electron chi connectivity index (χ0n) is 19.0. The summed E-state index contributed by atoms with van der Waals surface area (Å²) in [5, 5.41) is 3.10. The van der Waals surface area contributed by atoms with Gasteiger partial charge in [0.25, 0.3) is 0 Å². The van der Waals surface area contributed by atoms with Crippen molar-refractivity contribution in [2.75, 3.05) is 6.79 Å². The van der Waals surface area contributed by atoms with Crippen LogP contribution in [-0.2, 0) is 22.6 Å². The zero-order chi connectivity index (χ0) is 23.2. The molecule has 1 heterocycles. The van der Waals surface area contributed by atoms with Gasteiger partial charge >= 0.3 is 0 Å². The molecule has 0 spiro atoms. The summed E-state index contributed by atoms with van der Waals surface area (Å²) in [5.41, 5.74) is 1.34. The molecule has 2 aromatic rings. The quantitative estimate of drug-likeness (QED) is 0.644. The topological polar surface area (TPSA) is 67.9 Å². The lowest BCUT2D eigenvalue weighted by atomic mass is 9.95. The van der Waals surface area contributed by atoms with Gasteiger partial charge in [-0.2, -0.15) is 0 Å². The second kappa shape index (κ2) is 10.7. The van der Waals surface area contributed by atoms with E-state index in [-0.39, 0.29) is 43.4 Å². The van der Waals surface area contributed by atoms with Crippen molar-refractivity contribution in [3.8, 4) is 11.5 Å². The van der Waals surface area contributed by atoms with Crippen LogP contribution in [0.2, 0.25) is 0 Å². The molecule has 2 aliphatic rings. The van der Waals surface area contributed by atoms with Crippen LogP contribution in [0.1, 0.15) is 56.6 Å². The summed E-state index contributed by atoms with van der Waals surface area (Å²) in [5.74, 6) is 0.602. The van der Waals surface area contributed by atoms with E-state index < -0.39 is 6.04 Å². The summed E-state index contributed by atoms with van der Waals surface area (Å²) in [6.07, 6.45) is 6.02. The number of hydrogen-bond donors (Lipinski definition) is 1. The highest BCUT2D eigenvalue weighted by Gasteiger charge is 2.28. The number of halogens is 1. The van der Waals surface area contributed by atoms with E-state index >= 15 is 0 Å². The van der Waals surface area contributed by atoms with Crippen LogP contribution in [0, 0.1) is 5.82 Å². The Morgan fingerprint density at radius 3 is 2.64 bits per heavy atom. The lowest BCUT2D eigenvalue weighted by Crippen LogP contribution is -2.50. The highest BCUT2D eigenvalue weighted by Crippen LogP contribution is 2.33. The first-order valence-electron chi connectivity index (χ1n) is 11.7. The molecule has 6 nitrogen and oxygen atoms in total. The van der Waals surface area contributed by atoms with Crippen LogP contribution in [0.25, 0.3) is 0 Å². The molecule has 1 saturated carbocycles. The lowest BCUT2D eigenvalue weighted by Gasteiger charge is -2.31. The fourth-order valence-corrected chi connectivity index (χ4v) is 4.45. The third-order valence-electron chi connectivity index (χ3n) is 6.48. The maximum Gasteiger partial charge on any atom is 0.242 e. The molecule has 2 aromatic carbocycles. The fourth-order valence-electron chi connectivity index (χ4n) is 4.45. The molecular formula is C26H31FN2O4. The van der Waals surface area contributed by atoms with Crippen LogP contribution in [-0.4, -0.2) is 35.6 Å². The molecule has 0 radical (unpaired) electrons. The number of benzene rings is 2. The second-order valence-corrected chi connectivity index (χ2v) is 8.82. The number of hydrogen-bond acceptors (Lipinski definition) is 4. The highest BCUT2D eigenvalue weighted by molar-refractivity contribution is 5.87. The van der Waals surface area contributed by atoms with Crippen molar-refractivity contribution < 1.29 is 23.5 Å². The molecular weight excluding hydrogens is 423 g/mol. The molecule has 0 aromatic heterocycles. The summed E-state index contributed by atoms with van der Waals surface area (Å²) >= 11 is 0. The van der Waals surface area contributed by atoms with Crippen molar-refractivity contribution in [2.45, 2.75) is 70.5 Å². The maximum atomic E-state index is 14.4. The Bertz CT molecular complexity index is 990. The van der Waals surface area contributed by atoms with Gasteiger partial charge in [0, 0.05) is 24.6 Å². The van der Waals surface area contributed by atoms with Crippen LogP contribution in [0.4, 0.5) is 4.39 Å². The smallest absolute Gasteiger partial charge is 0.242 e. The van der Waals surface area contributed by atoms with Crippen molar-refractivity contribution in [1.82, 2.24) is 10.2 Å². The first-order chi connectivity index (χ1) is 16.0. The number of ether oxygens (including phenoxy) is 2. The molecule has 0 saturated heterocycles. The summed E-state index contributed by atoms with van der Waals surface area (Å²) in [6.45, 7) is 1.96. The molecule has 1 N–H and O–H groups in total. The lowest BCUT2D eigenvalue weighted by molar-refractivity contribution is -0.141. The summed E-state index contributed by atoms with van der Waals surface area (Å²) in [7, 11) is 0. The summed E-state index contributed by atoms with van der Waals surface area (Å²) in [6, 6.07) is 11.4. The fraction of sp³-hybridized carbons (Fsp3) is 0.462. The number of nitrogens with zero attached hydrogens (tertiary/aromatic N) is 1.